The van der Waals surface area contributed by atoms with Crippen molar-refractivity contribution in [2.75, 3.05) is 26.8 Å². The summed E-state index contributed by atoms with van der Waals surface area (Å²) in [6.07, 6.45) is 3.52. The monoisotopic (exact) mass is 315 g/mol. The molecule has 2 heterocycles. The molecule has 0 radical (unpaired) electrons. The molecule has 120 valence electrons. The normalized spacial score (nSPS) is 17.5. The Morgan fingerprint density at radius 1 is 1.43 bits per heavy atom. The van der Waals surface area contributed by atoms with E-state index in [0.29, 0.717) is 30.4 Å². The van der Waals surface area contributed by atoms with E-state index in [4.69, 9.17) is 10.5 Å². The molecule has 7 heteroatoms. The second-order valence-corrected chi connectivity index (χ2v) is 7.54. The van der Waals surface area contributed by atoms with E-state index in [1.807, 2.05) is 11.5 Å². The number of hydrogen-bond donors (Lipinski definition) is 1. The van der Waals surface area contributed by atoms with Crippen LogP contribution in [0.2, 0.25) is 0 Å². The average Bonchev–Trinajstić information content (AvgIpc) is 2.92. The number of aromatic nitrogens is 1. The molecule has 2 N–H and O–H groups in total. The molecular weight excluding hydrogens is 290 g/mol. The highest BCUT2D eigenvalue weighted by Crippen LogP contribution is 2.22. The van der Waals surface area contributed by atoms with Crippen LogP contribution in [0.3, 0.4) is 0 Å². The van der Waals surface area contributed by atoms with Gasteiger partial charge >= 0.3 is 0 Å². The zero-order chi connectivity index (χ0) is 15.5. The van der Waals surface area contributed by atoms with Crippen LogP contribution in [0.25, 0.3) is 0 Å². The zero-order valence-corrected chi connectivity index (χ0v) is 13.6. The Morgan fingerprint density at radius 2 is 2.10 bits per heavy atom. The molecule has 0 spiro atoms. The van der Waals surface area contributed by atoms with Crippen molar-refractivity contribution in [3.8, 4) is 0 Å². The lowest BCUT2D eigenvalue weighted by Gasteiger charge is -2.26. The van der Waals surface area contributed by atoms with Gasteiger partial charge in [0, 0.05) is 51.8 Å². The van der Waals surface area contributed by atoms with Crippen LogP contribution < -0.4 is 5.73 Å². The molecule has 0 saturated carbocycles. The van der Waals surface area contributed by atoms with Gasteiger partial charge in [-0.2, -0.15) is 0 Å². The zero-order valence-electron chi connectivity index (χ0n) is 12.8. The van der Waals surface area contributed by atoms with Crippen molar-refractivity contribution >= 4 is 10.0 Å². The van der Waals surface area contributed by atoms with Crippen LogP contribution in [0.5, 0.6) is 0 Å². The molecule has 6 nitrogen and oxygen atoms in total. The summed E-state index contributed by atoms with van der Waals surface area (Å²) in [4.78, 5) is 0.333. The van der Waals surface area contributed by atoms with Crippen molar-refractivity contribution in [2.45, 2.75) is 37.8 Å². The van der Waals surface area contributed by atoms with E-state index in [0.717, 1.165) is 31.7 Å². The maximum Gasteiger partial charge on any atom is 0.244 e. The number of rotatable bonds is 6. The molecule has 2 rings (SSSR count). The summed E-state index contributed by atoms with van der Waals surface area (Å²) >= 11 is 0. The van der Waals surface area contributed by atoms with Crippen LogP contribution >= 0.6 is 0 Å². The molecule has 1 aliphatic heterocycles. The molecule has 0 aromatic carbocycles. The Balaban J connectivity index is 2.14. The van der Waals surface area contributed by atoms with Gasteiger partial charge < -0.3 is 15.0 Å². The first-order chi connectivity index (χ1) is 9.98. The molecule has 0 bridgehead atoms. The molecule has 21 heavy (non-hydrogen) atoms. The summed E-state index contributed by atoms with van der Waals surface area (Å²) in [5, 5.41) is 0. The van der Waals surface area contributed by atoms with Crippen LogP contribution in [-0.2, 0) is 27.8 Å². The number of hydrogen-bond acceptors (Lipinski definition) is 4. The number of sulfonamides is 1. The number of aryl methyl sites for hydroxylation is 1. The number of nitrogens with zero attached hydrogens (tertiary/aromatic N) is 2. The van der Waals surface area contributed by atoms with Crippen LogP contribution in [-0.4, -0.2) is 44.1 Å². The number of ether oxygens (including phenoxy) is 1. The van der Waals surface area contributed by atoms with Gasteiger partial charge in [0.1, 0.15) is 4.90 Å². The second kappa shape index (κ2) is 6.91. The summed E-state index contributed by atoms with van der Waals surface area (Å²) < 4.78 is 33.9. The Morgan fingerprint density at radius 3 is 2.62 bits per heavy atom. The van der Waals surface area contributed by atoms with Gasteiger partial charge in [-0.25, -0.2) is 12.7 Å². The highest BCUT2D eigenvalue weighted by Gasteiger charge is 2.26. The Hall–Kier alpha value is -0.890. The quantitative estimate of drug-likeness (QED) is 0.850. The van der Waals surface area contributed by atoms with Crippen LogP contribution in [0.15, 0.2) is 17.2 Å². The summed E-state index contributed by atoms with van der Waals surface area (Å²) in [6.45, 7) is 5.02. The molecule has 0 unspecified atom stereocenters. The Labute approximate surface area is 126 Å². The SMILES string of the molecule is CCn1cc(S(=O)(=O)N(C)CC2CCOCC2)cc1CN. The van der Waals surface area contributed by atoms with Gasteiger partial charge in [0.25, 0.3) is 0 Å². The third-order valence-electron chi connectivity index (χ3n) is 4.08. The van der Waals surface area contributed by atoms with Crippen molar-refractivity contribution in [3.05, 3.63) is 18.0 Å². The smallest absolute Gasteiger partial charge is 0.244 e. The van der Waals surface area contributed by atoms with Gasteiger partial charge in [-0.15, -0.1) is 0 Å². The topological polar surface area (TPSA) is 77.6 Å². The van der Waals surface area contributed by atoms with Crippen molar-refractivity contribution in [3.63, 3.8) is 0 Å². The summed E-state index contributed by atoms with van der Waals surface area (Å²) in [6, 6.07) is 1.68. The molecule has 0 amide bonds. The fraction of sp³-hybridized carbons (Fsp3) is 0.714. The number of nitrogens with two attached hydrogens (primary N) is 1. The van der Waals surface area contributed by atoms with Crippen LogP contribution in [0.4, 0.5) is 0 Å². The van der Waals surface area contributed by atoms with Crippen LogP contribution in [0.1, 0.15) is 25.5 Å². The minimum Gasteiger partial charge on any atom is -0.381 e. The lowest BCUT2D eigenvalue weighted by molar-refractivity contribution is 0.0620. The maximum absolute atomic E-state index is 12.6. The van der Waals surface area contributed by atoms with E-state index < -0.39 is 10.0 Å². The fourth-order valence-electron chi connectivity index (χ4n) is 2.70. The lowest BCUT2D eigenvalue weighted by Crippen LogP contribution is -2.34. The second-order valence-electron chi connectivity index (χ2n) is 5.50. The van der Waals surface area contributed by atoms with Gasteiger partial charge in [0.15, 0.2) is 0 Å². The standard InChI is InChI=1S/C14H25N3O3S/c1-3-17-11-14(8-13(17)9-15)21(18,19)16(2)10-12-4-6-20-7-5-12/h8,11-12H,3-7,9-10,15H2,1-2H3. The van der Waals surface area contributed by atoms with Gasteiger partial charge in [-0.05, 0) is 31.7 Å². The molecule has 1 fully saturated rings. The lowest BCUT2D eigenvalue weighted by atomic mass is 10.0. The first-order valence-corrected chi connectivity index (χ1v) is 8.86. The van der Waals surface area contributed by atoms with Gasteiger partial charge in [-0.3, -0.25) is 0 Å². The third kappa shape index (κ3) is 3.66. The third-order valence-corrected chi connectivity index (χ3v) is 5.86. The predicted molar refractivity (Wildman–Crippen MR) is 81.4 cm³/mol. The summed E-state index contributed by atoms with van der Waals surface area (Å²) in [5.74, 6) is 0.376. The average molecular weight is 315 g/mol. The molecule has 0 aliphatic carbocycles. The van der Waals surface area contributed by atoms with E-state index >= 15 is 0 Å². The Bertz CT molecular complexity index is 541. The molecule has 1 saturated heterocycles. The Kier molecular flexibility index (Phi) is 5.43. The van der Waals surface area contributed by atoms with Crippen molar-refractivity contribution in [1.82, 2.24) is 8.87 Å². The van der Waals surface area contributed by atoms with E-state index in [-0.39, 0.29) is 0 Å². The molecular formula is C14H25N3O3S. The van der Waals surface area contributed by atoms with Gasteiger partial charge in [-0.1, -0.05) is 0 Å². The summed E-state index contributed by atoms with van der Waals surface area (Å²) in [7, 11) is -1.80. The van der Waals surface area contributed by atoms with Crippen molar-refractivity contribution < 1.29 is 13.2 Å². The highest BCUT2D eigenvalue weighted by atomic mass is 32.2. The van der Waals surface area contributed by atoms with Crippen LogP contribution in [0, 0.1) is 5.92 Å². The molecule has 0 atom stereocenters. The van der Waals surface area contributed by atoms with Gasteiger partial charge in [0.2, 0.25) is 10.0 Å². The van der Waals surface area contributed by atoms with E-state index in [1.54, 1.807) is 19.3 Å². The van der Waals surface area contributed by atoms with Crippen molar-refractivity contribution in [2.24, 2.45) is 11.7 Å². The van der Waals surface area contributed by atoms with Gasteiger partial charge in [0.05, 0.1) is 0 Å². The summed E-state index contributed by atoms with van der Waals surface area (Å²) in [5.41, 5.74) is 6.51. The predicted octanol–water partition coefficient (Wildman–Crippen LogP) is 1.01. The fourth-order valence-corrected chi connectivity index (χ4v) is 4.02. The first-order valence-electron chi connectivity index (χ1n) is 7.42. The van der Waals surface area contributed by atoms with Crippen molar-refractivity contribution in [1.29, 1.82) is 0 Å². The highest BCUT2D eigenvalue weighted by molar-refractivity contribution is 7.89. The largest absolute Gasteiger partial charge is 0.381 e. The molecule has 1 aromatic heterocycles. The molecule has 1 aromatic rings. The minimum atomic E-state index is -3.44. The minimum absolute atomic E-state index is 0.333. The van der Waals surface area contributed by atoms with E-state index in [2.05, 4.69) is 0 Å². The van der Waals surface area contributed by atoms with E-state index in [9.17, 15) is 8.42 Å². The molecule has 1 aliphatic rings. The maximum atomic E-state index is 12.6. The van der Waals surface area contributed by atoms with E-state index in [1.165, 1.54) is 4.31 Å². The first kappa shape index (κ1) is 16.5.